The first kappa shape index (κ1) is 20.3. The highest BCUT2D eigenvalue weighted by Crippen LogP contribution is 2.27. The van der Waals surface area contributed by atoms with Gasteiger partial charge in [-0.1, -0.05) is 30.3 Å². The van der Waals surface area contributed by atoms with Gasteiger partial charge in [0.2, 0.25) is 5.91 Å². The molecule has 3 rings (SSSR count). The number of halogens is 2. The molecule has 0 radical (unpaired) electrons. The first-order chi connectivity index (χ1) is 13.9. The molecule has 2 amide bonds. The quantitative estimate of drug-likeness (QED) is 0.676. The van der Waals surface area contributed by atoms with Gasteiger partial charge in [0.05, 0.1) is 12.7 Å². The number of benzene rings is 3. The highest BCUT2D eigenvalue weighted by atomic mass is 19.1. The van der Waals surface area contributed by atoms with Crippen LogP contribution in [0.1, 0.15) is 17.3 Å². The third kappa shape index (κ3) is 4.34. The molecule has 0 atom stereocenters. The van der Waals surface area contributed by atoms with Crippen molar-refractivity contribution in [2.45, 2.75) is 6.92 Å². The minimum Gasteiger partial charge on any atom is -0.496 e. The zero-order valence-electron chi connectivity index (χ0n) is 16.0. The van der Waals surface area contributed by atoms with E-state index < -0.39 is 29.1 Å². The van der Waals surface area contributed by atoms with E-state index in [-0.39, 0.29) is 13.1 Å². The molecule has 150 valence electrons. The highest BCUT2D eigenvalue weighted by Gasteiger charge is 2.22. The monoisotopic (exact) mass is 398 g/mol. The van der Waals surface area contributed by atoms with Gasteiger partial charge in [-0.2, -0.15) is 0 Å². The second-order valence-electron chi connectivity index (χ2n) is 6.36. The zero-order valence-corrected chi connectivity index (χ0v) is 16.0. The zero-order chi connectivity index (χ0) is 21.0. The maximum atomic E-state index is 13.7. The van der Waals surface area contributed by atoms with Crippen molar-refractivity contribution in [3.8, 4) is 5.75 Å². The van der Waals surface area contributed by atoms with Crippen molar-refractivity contribution in [3.63, 3.8) is 0 Å². The Morgan fingerprint density at radius 3 is 2.21 bits per heavy atom. The molecule has 0 spiro atoms. The number of carbonyl (C=O) groups excluding carboxylic acids is 2. The fraction of sp³-hybridized carbons (Fsp3) is 0.182. The molecule has 0 bridgehead atoms. The van der Waals surface area contributed by atoms with Crippen LogP contribution in [0.3, 0.4) is 0 Å². The summed E-state index contributed by atoms with van der Waals surface area (Å²) in [6.45, 7) is 1.57. The normalized spacial score (nSPS) is 10.6. The Balaban J connectivity index is 1.83. The number of carbonyl (C=O) groups is 2. The van der Waals surface area contributed by atoms with E-state index in [0.717, 1.165) is 22.9 Å². The predicted octanol–water partition coefficient (Wildman–Crippen LogP) is 4.23. The molecule has 3 aromatic rings. The fourth-order valence-corrected chi connectivity index (χ4v) is 3.02. The molecule has 0 aromatic heterocycles. The molecular formula is C22H20F2N2O3. The standard InChI is InChI=1S/C22H20F2N2O3/c1-3-26(13-20(27)25-21-17(23)9-6-10-18(21)24)22(28)16-11-14-7-4-5-8-15(14)12-19(16)29-2/h4-12H,3,13H2,1-2H3,(H,25,27). The van der Waals surface area contributed by atoms with Gasteiger partial charge in [0.1, 0.15) is 29.6 Å². The maximum absolute atomic E-state index is 13.7. The lowest BCUT2D eigenvalue weighted by atomic mass is 10.0. The van der Waals surface area contributed by atoms with E-state index in [9.17, 15) is 18.4 Å². The third-order valence-electron chi connectivity index (χ3n) is 4.53. The Bertz CT molecular complexity index is 1050. The van der Waals surface area contributed by atoms with Crippen molar-refractivity contribution in [3.05, 3.63) is 71.8 Å². The lowest BCUT2D eigenvalue weighted by molar-refractivity contribution is -0.116. The minimum atomic E-state index is -0.885. The number of anilines is 1. The van der Waals surface area contributed by atoms with E-state index in [1.165, 1.54) is 18.1 Å². The van der Waals surface area contributed by atoms with Crippen molar-refractivity contribution in [1.29, 1.82) is 0 Å². The Morgan fingerprint density at radius 1 is 1.00 bits per heavy atom. The first-order valence-electron chi connectivity index (χ1n) is 9.04. The van der Waals surface area contributed by atoms with Crippen molar-refractivity contribution in [1.82, 2.24) is 4.90 Å². The summed E-state index contributed by atoms with van der Waals surface area (Å²) in [6.07, 6.45) is 0. The minimum absolute atomic E-state index is 0.224. The average molecular weight is 398 g/mol. The Kier molecular flexibility index (Phi) is 6.07. The van der Waals surface area contributed by atoms with Crippen molar-refractivity contribution < 1.29 is 23.1 Å². The molecule has 29 heavy (non-hydrogen) atoms. The van der Waals surface area contributed by atoms with Gasteiger partial charge in [-0.3, -0.25) is 9.59 Å². The first-order valence-corrected chi connectivity index (χ1v) is 9.04. The van der Waals surface area contributed by atoms with Crippen LogP contribution in [0.15, 0.2) is 54.6 Å². The van der Waals surface area contributed by atoms with Gasteiger partial charge in [-0.05, 0) is 42.0 Å². The molecule has 0 fully saturated rings. The Hall–Kier alpha value is -3.48. The van der Waals surface area contributed by atoms with Crippen LogP contribution in [0.25, 0.3) is 10.8 Å². The highest BCUT2D eigenvalue weighted by molar-refractivity contribution is 6.04. The van der Waals surface area contributed by atoms with Crippen LogP contribution in [0.4, 0.5) is 14.5 Å². The number of likely N-dealkylation sites (N-methyl/N-ethyl adjacent to an activating group) is 1. The molecule has 7 heteroatoms. The fourth-order valence-electron chi connectivity index (χ4n) is 3.02. The van der Waals surface area contributed by atoms with Gasteiger partial charge in [-0.25, -0.2) is 8.78 Å². The van der Waals surface area contributed by atoms with Crippen LogP contribution in [-0.4, -0.2) is 36.9 Å². The Morgan fingerprint density at radius 2 is 1.62 bits per heavy atom. The second-order valence-corrected chi connectivity index (χ2v) is 6.36. The molecule has 0 aliphatic carbocycles. The smallest absolute Gasteiger partial charge is 0.258 e. The van der Waals surface area contributed by atoms with E-state index in [1.807, 2.05) is 24.3 Å². The molecular weight excluding hydrogens is 378 g/mol. The molecule has 1 N–H and O–H groups in total. The van der Waals surface area contributed by atoms with Crippen LogP contribution in [-0.2, 0) is 4.79 Å². The number of rotatable bonds is 6. The number of nitrogens with one attached hydrogen (secondary N) is 1. The summed E-state index contributed by atoms with van der Waals surface area (Å²) in [5.74, 6) is -2.51. The largest absolute Gasteiger partial charge is 0.496 e. The summed E-state index contributed by atoms with van der Waals surface area (Å²) in [5.41, 5.74) is -0.234. The third-order valence-corrected chi connectivity index (χ3v) is 4.53. The molecule has 3 aromatic carbocycles. The number of methoxy groups -OCH3 is 1. The number of hydrogen-bond acceptors (Lipinski definition) is 3. The lowest BCUT2D eigenvalue weighted by Gasteiger charge is -2.22. The summed E-state index contributed by atoms with van der Waals surface area (Å²) in [7, 11) is 1.46. The Labute approximate surface area is 166 Å². The van der Waals surface area contributed by atoms with Crippen LogP contribution in [0.5, 0.6) is 5.75 Å². The van der Waals surface area contributed by atoms with Crippen LogP contribution in [0, 0.1) is 11.6 Å². The van der Waals surface area contributed by atoms with Gasteiger partial charge in [0.25, 0.3) is 5.91 Å². The van der Waals surface area contributed by atoms with Crippen LogP contribution in [0.2, 0.25) is 0 Å². The van der Waals surface area contributed by atoms with Gasteiger partial charge < -0.3 is 15.0 Å². The molecule has 0 aliphatic heterocycles. The number of nitrogens with zero attached hydrogens (tertiary/aromatic N) is 1. The van der Waals surface area contributed by atoms with Gasteiger partial charge >= 0.3 is 0 Å². The van der Waals surface area contributed by atoms with Crippen LogP contribution >= 0.6 is 0 Å². The van der Waals surface area contributed by atoms with Crippen LogP contribution < -0.4 is 10.1 Å². The number of fused-ring (bicyclic) bond motifs is 1. The summed E-state index contributed by atoms with van der Waals surface area (Å²) in [4.78, 5) is 26.6. The van der Waals surface area contributed by atoms with E-state index in [4.69, 9.17) is 4.74 Å². The second kappa shape index (κ2) is 8.68. The van der Waals surface area contributed by atoms with E-state index in [2.05, 4.69) is 5.32 Å². The molecule has 0 unspecified atom stereocenters. The average Bonchev–Trinajstić information content (AvgIpc) is 2.73. The van der Waals surface area contributed by atoms with Gasteiger partial charge in [0, 0.05) is 6.54 Å². The number of ether oxygens (including phenoxy) is 1. The van der Waals surface area contributed by atoms with E-state index in [1.54, 1.807) is 19.1 Å². The SMILES string of the molecule is CCN(CC(=O)Nc1c(F)cccc1F)C(=O)c1cc2ccccc2cc1OC. The van der Waals surface area contributed by atoms with Crippen molar-refractivity contribution in [2.75, 3.05) is 25.5 Å². The molecule has 0 heterocycles. The topological polar surface area (TPSA) is 58.6 Å². The molecule has 0 saturated carbocycles. The van der Waals surface area contributed by atoms with E-state index >= 15 is 0 Å². The van der Waals surface area contributed by atoms with Crippen molar-refractivity contribution >= 4 is 28.3 Å². The van der Waals surface area contributed by atoms with E-state index in [0.29, 0.717) is 11.3 Å². The van der Waals surface area contributed by atoms with Crippen molar-refractivity contribution in [2.24, 2.45) is 0 Å². The summed E-state index contributed by atoms with van der Waals surface area (Å²) in [6, 6.07) is 14.3. The maximum Gasteiger partial charge on any atom is 0.258 e. The summed E-state index contributed by atoms with van der Waals surface area (Å²) in [5, 5.41) is 3.96. The lowest BCUT2D eigenvalue weighted by Crippen LogP contribution is -2.38. The summed E-state index contributed by atoms with van der Waals surface area (Å²) >= 11 is 0. The molecule has 0 saturated heterocycles. The summed E-state index contributed by atoms with van der Waals surface area (Å²) < 4.78 is 32.9. The molecule has 5 nitrogen and oxygen atoms in total. The number of para-hydroxylation sites is 1. The number of amides is 2. The number of hydrogen-bond donors (Lipinski definition) is 1. The predicted molar refractivity (Wildman–Crippen MR) is 107 cm³/mol. The molecule has 0 aliphatic rings. The van der Waals surface area contributed by atoms with Gasteiger partial charge in [-0.15, -0.1) is 0 Å². The van der Waals surface area contributed by atoms with Gasteiger partial charge in [0.15, 0.2) is 0 Å².